The van der Waals surface area contributed by atoms with E-state index in [0.29, 0.717) is 33.0 Å². The maximum Gasteiger partial charge on any atom is 0.193 e. The van der Waals surface area contributed by atoms with Gasteiger partial charge in [0.15, 0.2) is 5.43 Å². The summed E-state index contributed by atoms with van der Waals surface area (Å²) < 4.78 is 7.80. The van der Waals surface area contributed by atoms with Crippen molar-refractivity contribution in [3.63, 3.8) is 0 Å². The normalized spacial score (nSPS) is 11.1. The third kappa shape index (κ3) is 3.25. The fraction of sp³-hybridized carbons (Fsp3) is 0. The number of nitrogens with zero attached hydrogens (tertiary/aromatic N) is 2. The summed E-state index contributed by atoms with van der Waals surface area (Å²) in [5, 5.41) is 15.3. The zero-order valence-corrected chi connectivity index (χ0v) is 16.4. The van der Waals surface area contributed by atoms with E-state index in [2.05, 4.69) is 0 Å². The van der Waals surface area contributed by atoms with E-state index in [1.807, 2.05) is 36.5 Å². The first kappa shape index (κ1) is 18.2. The van der Waals surface area contributed by atoms with Crippen LogP contribution in [0.1, 0.15) is 0 Å². The molecule has 0 atom stereocenters. The number of para-hydroxylation sites is 1. The number of rotatable bonds is 3. The molecule has 1 N–H and O–H groups in total. The maximum absolute atomic E-state index is 12.7. The number of halogens is 1. The van der Waals surface area contributed by atoms with Gasteiger partial charge >= 0.3 is 0 Å². The molecule has 6 heteroatoms. The van der Waals surface area contributed by atoms with E-state index >= 15 is 0 Å². The Morgan fingerprint density at radius 1 is 0.933 bits per heavy atom. The topological polar surface area (TPSA) is 68.3 Å². The molecule has 0 unspecified atom stereocenters. The summed E-state index contributed by atoms with van der Waals surface area (Å²) in [4.78, 5) is 12.7. The quantitative estimate of drug-likeness (QED) is 0.413. The highest BCUT2D eigenvalue weighted by Gasteiger charge is 2.18. The van der Waals surface area contributed by atoms with Crippen molar-refractivity contribution in [2.75, 3.05) is 0 Å². The molecule has 30 heavy (non-hydrogen) atoms. The van der Waals surface area contributed by atoms with Gasteiger partial charge in [0.1, 0.15) is 22.8 Å². The standard InChI is InChI=1S/C24H15ClN2O3/c25-16-8-11-22-19(12-16)21(29)13-23(30-22)20-14-27(17-4-2-1-3-5-17)26-24(20)15-6-9-18(28)10-7-15/h1-14,28H. The number of aromatic nitrogens is 2. The van der Waals surface area contributed by atoms with Gasteiger partial charge in [-0.15, -0.1) is 0 Å². The van der Waals surface area contributed by atoms with Crippen molar-refractivity contribution in [1.29, 1.82) is 0 Å². The minimum atomic E-state index is -0.183. The second-order valence-corrected chi connectivity index (χ2v) is 7.27. The van der Waals surface area contributed by atoms with Gasteiger partial charge in [-0.2, -0.15) is 5.10 Å². The summed E-state index contributed by atoms with van der Waals surface area (Å²) >= 11 is 6.02. The number of phenolic OH excluding ortho intramolecular Hbond substituents is 1. The van der Waals surface area contributed by atoms with Gasteiger partial charge in [0.2, 0.25) is 0 Å². The highest BCUT2D eigenvalue weighted by atomic mass is 35.5. The fourth-order valence-electron chi connectivity index (χ4n) is 3.36. The summed E-state index contributed by atoms with van der Waals surface area (Å²) in [5.74, 6) is 0.567. The lowest BCUT2D eigenvalue weighted by Crippen LogP contribution is -2.00. The van der Waals surface area contributed by atoms with Gasteiger partial charge in [-0.05, 0) is 54.6 Å². The van der Waals surface area contributed by atoms with Crippen molar-refractivity contribution in [2.45, 2.75) is 0 Å². The molecule has 0 amide bonds. The van der Waals surface area contributed by atoms with Crippen LogP contribution >= 0.6 is 11.6 Å². The molecule has 0 bridgehead atoms. The molecule has 0 aliphatic carbocycles. The lowest BCUT2D eigenvalue weighted by molar-refractivity contribution is 0.475. The van der Waals surface area contributed by atoms with Crippen LogP contribution in [0.25, 0.3) is 39.2 Å². The summed E-state index contributed by atoms with van der Waals surface area (Å²) in [6.45, 7) is 0. The van der Waals surface area contributed by atoms with Crippen LogP contribution in [0.2, 0.25) is 5.02 Å². The van der Waals surface area contributed by atoms with Crippen molar-refractivity contribution >= 4 is 22.6 Å². The Morgan fingerprint density at radius 3 is 2.47 bits per heavy atom. The van der Waals surface area contributed by atoms with Crippen molar-refractivity contribution in [2.24, 2.45) is 0 Å². The van der Waals surface area contributed by atoms with Gasteiger partial charge in [-0.3, -0.25) is 4.79 Å². The van der Waals surface area contributed by atoms with Crippen LogP contribution in [0, 0.1) is 0 Å². The fourth-order valence-corrected chi connectivity index (χ4v) is 3.53. The Balaban J connectivity index is 1.75. The predicted molar refractivity (Wildman–Crippen MR) is 117 cm³/mol. The van der Waals surface area contributed by atoms with Crippen LogP contribution < -0.4 is 5.43 Å². The van der Waals surface area contributed by atoms with Gasteiger partial charge in [0.25, 0.3) is 0 Å². The van der Waals surface area contributed by atoms with Gasteiger partial charge in [0.05, 0.1) is 16.6 Å². The van der Waals surface area contributed by atoms with E-state index in [1.54, 1.807) is 47.1 Å². The molecule has 0 spiro atoms. The van der Waals surface area contributed by atoms with Crippen molar-refractivity contribution in [1.82, 2.24) is 9.78 Å². The van der Waals surface area contributed by atoms with E-state index in [-0.39, 0.29) is 11.2 Å². The zero-order chi connectivity index (χ0) is 20.7. The summed E-state index contributed by atoms with van der Waals surface area (Å²) in [7, 11) is 0. The molecule has 0 saturated carbocycles. The minimum Gasteiger partial charge on any atom is -0.508 e. The molecule has 2 heterocycles. The van der Waals surface area contributed by atoms with Crippen molar-refractivity contribution < 1.29 is 9.52 Å². The lowest BCUT2D eigenvalue weighted by Gasteiger charge is -2.04. The van der Waals surface area contributed by atoms with Gasteiger partial charge < -0.3 is 9.52 Å². The van der Waals surface area contributed by atoms with Gasteiger partial charge in [-0.25, -0.2) is 4.68 Å². The zero-order valence-electron chi connectivity index (χ0n) is 15.6. The molecule has 0 aliphatic rings. The molecule has 2 aromatic heterocycles. The average molecular weight is 415 g/mol. The molecule has 146 valence electrons. The molecule has 0 aliphatic heterocycles. The number of aromatic hydroxyl groups is 1. The second-order valence-electron chi connectivity index (χ2n) is 6.83. The van der Waals surface area contributed by atoms with Crippen LogP contribution in [-0.2, 0) is 0 Å². The average Bonchev–Trinajstić information content (AvgIpc) is 3.21. The summed E-state index contributed by atoms with van der Waals surface area (Å²) in [6, 6.07) is 22.8. The Bertz CT molecular complexity index is 1420. The minimum absolute atomic E-state index is 0.164. The Labute approximate surface area is 176 Å². The van der Waals surface area contributed by atoms with Crippen LogP contribution in [0.4, 0.5) is 0 Å². The second kappa shape index (κ2) is 7.21. The highest BCUT2D eigenvalue weighted by Crippen LogP contribution is 2.33. The van der Waals surface area contributed by atoms with Crippen LogP contribution in [-0.4, -0.2) is 14.9 Å². The Hall–Kier alpha value is -3.83. The van der Waals surface area contributed by atoms with Gasteiger partial charge in [0, 0.05) is 22.8 Å². The number of fused-ring (bicyclic) bond motifs is 1. The van der Waals surface area contributed by atoms with E-state index in [1.165, 1.54) is 6.07 Å². The third-order valence-corrected chi connectivity index (χ3v) is 5.07. The smallest absolute Gasteiger partial charge is 0.193 e. The van der Waals surface area contributed by atoms with Crippen LogP contribution in [0.5, 0.6) is 5.75 Å². The van der Waals surface area contributed by atoms with E-state index < -0.39 is 0 Å². The molecule has 0 saturated heterocycles. The molecule has 3 aromatic carbocycles. The molecular weight excluding hydrogens is 400 g/mol. The van der Waals surface area contributed by atoms with E-state index in [9.17, 15) is 9.90 Å². The molecule has 0 fully saturated rings. The highest BCUT2D eigenvalue weighted by molar-refractivity contribution is 6.31. The number of phenols is 1. The van der Waals surface area contributed by atoms with Gasteiger partial charge in [-0.1, -0.05) is 29.8 Å². The maximum atomic E-state index is 12.7. The van der Waals surface area contributed by atoms with Crippen LogP contribution in [0.15, 0.2) is 94.3 Å². The van der Waals surface area contributed by atoms with Crippen molar-refractivity contribution in [3.05, 3.63) is 100 Å². The summed E-state index contributed by atoms with van der Waals surface area (Å²) in [5.41, 5.74) is 3.23. The first-order valence-corrected chi connectivity index (χ1v) is 9.64. The number of hydrogen-bond acceptors (Lipinski definition) is 4. The van der Waals surface area contributed by atoms with E-state index in [4.69, 9.17) is 21.1 Å². The largest absolute Gasteiger partial charge is 0.508 e. The molecule has 0 radical (unpaired) electrons. The predicted octanol–water partition coefficient (Wildman–Crippen LogP) is 5.67. The van der Waals surface area contributed by atoms with Crippen molar-refractivity contribution in [3.8, 4) is 34.0 Å². The number of benzene rings is 3. The lowest BCUT2D eigenvalue weighted by atomic mass is 10.1. The molecule has 5 aromatic rings. The SMILES string of the molecule is O=c1cc(-c2cn(-c3ccccc3)nc2-c2ccc(O)cc2)oc2ccc(Cl)cc12. The Kier molecular flexibility index (Phi) is 4.38. The molecular formula is C24H15ClN2O3. The van der Waals surface area contributed by atoms with E-state index in [0.717, 1.165) is 11.3 Å². The Morgan fingerprint density at radius 2 is 1.70 bits per heavy atom. The first-order valence-electron chi connectivity index (χ1n) is 9.27. The number of hydrogen-bond donors (Lipinski definition) is 1. The molecule has 5 rings (SSSR count). The molecule has 5 nitrogen and oxygen atoms in total. The monoisotopic (exact) mass is 414 g/mol. The van der Waals surface area contributed by atoms with Crippen LogP contribution in [0.3, 0.4) is 0 Å². The summed E-state index contributed by atoms with van der Waals surface area (Å²) in [6.07, 6.45) is 1.83. The third-order valence-electron chi connectivity index (χ3n) is 4.83. The first-order chi connectivity index (χ1) is 14.6.